The second kappa shape index (κ2) is 6.55. The van der Waals surface area contributed by atoms with Crippen LogP contribution < -0.4 is 4.90 Å². The summed E-state index contributed by atoms with van der Waals surface area (Å²) in [5.41, 5.74) is 2.63. The van der Waals surface area contributed by atoms with E-state index in [2.05, 4.69) is 14.9 Å². The molecular weight excluding hydrogens is 309 g/mol. The van der Waals surface area contributed by atoms with Crippen LogP contribution in [0.4, 0.5) is 10.2 Å². The zero-order valence-electron chi connectivity index (χ0n) is 13.8. The molecule has 1 saturated heterocycles. The van der Waals surface area contributed by atoms with Crippen LogP contribution in [0.15, 0.2) is 24.3 Å². The van der Waals surface area contributed by atoms with Gasteiger partial charge in [-0.3, -0.25) is 4.79 Å². The summed E-state index contributed by atoms with van der Waals surface area (Å²) in [6.45, 7) is 5.23. The van der Waals surface area contributed by atoms with Gasteiger partial charge in [0.05, 0.1) is 5.92 Å². The Kier molecular flexibility index (Phi) is 4.46. The van der Waals surface area contributed by atoms with Gasteiger partial charge in [0.1, 0.15) is 11.6 Å². The molecule has 3 rings (SSSR count). The lowest BCUT2D eigenvalue weighted by Gasteiger charge is -2.32. The third kappa shape index (κ3) is 3.22. The Morgan fingerprint density at radius 1 is 1.17 bits per heavy atom. The average molecular weight is 329 g/mol. The molecule has 0 spiro atoms. The van der Waals surface area contributed by atoms with Crippen LogP contribution in [-0.4, -0.2) is 34.1 Å². The minimum absolute atomic E-state index is 0.277. The Bertz CT molecular complexity index is 754. The maximum Gasteiger partial charge on any atom is 0.306 e. The first kappa shape index (κ1) is 16.4. The molecule has 1 fully saturated rings. The molecule has 1 aromatic heterocycles. The number of benzene rings is 1. The minimum Gasteiger partial charge on any atom is -0.481 e. The fraction of sp³-hybridized carbons (Fsp3) is 0.389. The Morgan fingerprint density at radius 3 is 2.38 bits per heavy atom. The van der Waals surface area contributed by atoms with E-state index in [0.29, 0.717) is 31.8 Å². The largest absolute Gasteiger partial charge is 0.481 e. The molecular formula is C18H20FN3O2. The monoisotopic (exact) mass is 329 g/mol. The van der Waals surface area contributed by atoms with Crippen molar-refractivity contribution in [3.05, 3.63) is 41.3 Å². The number of piperidine rings is 1. The van der Waals surface area contributed by atoms with Crippen LogP contribution >= 0.6 is 0 Å². The summed E-state index contributed by atoms with van der Waals surface area (Å²) >= 11 is 0. The molecule has 126 valence electrons. The Labute approximate surface area is 140 Å². The first-order valence-electron chi connectivity index (χ1n) is 8.04. The molecule has 0 amide bonds. The maximum absolute atomic E-state index is 13.1. The Balaban J connectivity index is 1.91. The number of carbonyl (C=O) groups is 1. The standard InChI is InChI=1S/C18H20FN3O2/c1-11-12(2)20-16(13-3-5-15(19)6-4-13)21-17(11)22-9-7-14(8-10-22)18(23)24/h3-6,14H,7-10H2,1-2H3,(H,23,24). The summed E-state index contributed by atoms with van der Waals surface area (Å²) in [5.74, 6) is 0.107. The van der Waals surface area contributed by atoms with Crippen molar-refractivity contribution in [2.45, 2.75) is 26.7 Å². The number of carboxylic acids is 1. The van der Waals surface area contributed by atoms with E-state index in [1.54, 1.807) is 12.1 Å². The van der Waals surface area contributed by atoms with Gasteiger partial charge in [-0.15, -0.1) is 0 Å². The van der Waals surface area contributed by atoms with Crippen molar-refractivity contribution in [3.8, 4) is 11.4 Å². The number of aryl methyl sites for hydroxylation is 1. The number of aromatic nitrogens is 2. The highest BCUT2D eigenvalue weighted by molar-refractivity contribution is 5.70. The normalized spacial score (nSPS) is 15.5. The van der Waals surface area contributed by atoms with Crippen molar-refractivity contribution in [1.82, 2.24) is 9.97 Å². The summed E-state index contributed by atoms with van der Waals surface area (Å²) in [4.78, 5) is 22.4. The van der Waals surface area contributed by atoms with Crippen LogP contribution in [0.5, 0.6) is 0 Å². The second-order valence-electron chi connectivity index (χ2n) is 6.19. The number of hydrogen-bond donors (Lipinski definition) is 1. The van der Waals surface area contributed by atoms with Crippen molar-refractivity contribution in [3.63, 3.8) is 0 Å². The molecule has 2 heterocycles. The molecule has 1 aromatic carbocycles. The Morgan fingerprint density at radius 2 is 1.79 bits per heavy atom. The van der Waals surface area contributed by atoms with E-state index in [4.69, 9.17) is 5.11 Å². The third-order valence-electron chi connectivity index (χ3n) is 4.61. The van der Waals surface area contributed by atoms with Crippen molar-refractivity contribution in [2.75, 3.05) is 18.0 Å². The summed E-state index contributed by atoms with van der Waals surface area (Å²) < 4.78 is 13.1. The molecule has 24 heavy (non-hydrogen) atoms. The van der Waals surface area contributed by atoms with Crippen LogP contribution in [-0.2, 0) is 4.79 Å². The molecule has 2 aromatic rings. The fourth-order valence-electron chi connectivity index (χ4n) is 2.99. The summed E-state index contributed by atoms with van der Waals surface area (Å²) in [7, 11) is 0. The van der Waals surface area contributed by atoms with Gasteiger partial charge in [-0.2, -0.15) is 0 Å². The second-order valence-corrected chi connectivity index (χ2v) is 6.19. The van der Waals surface area contributed by atoms with Gasteiger partial charge < -0.3 is 10.0 Å². The molecule has 6 heteroatoms. The smallest absolute Gasteiger partial charge is 0.306 e. The van der Waals surface area contributed by atoms with Crippen molar-refractivity contribution < 1.29 is 14.3 Å². The molecule has 1 aliphatic heterocycles. The number of nitrogens with zero attached hydrogens (tertiary/aromatic N) is 3. The van der Waals surface area contributed by atoms with Crippen LogP contribution in [0, 0.1) is 25.6 Å². The number of hydrogen-bond acceptors (Lipinski definition) is 4. The van der Waals surface area contributed by atoms with Gasteiger partial charge in [0.2, 0.25) is 0 Å². The Hall–Kier alpha value is -2.50. The van der Waals surface area contributed by atoms with E-state index in [9.17, 15) is 9.18 Å². The van der Waals surface area contributed by atoms with Crippen LogP contribution in [0.1, 0.15) is 24.1 Å². The molecule has 0 bridgehead atoms. The number of aliphatic carboxylic acids is 1. The van der Waals surface area contributed by atoms with Gasteiger partial charge in [0.25, 0.3) is 0 Å². The van der Waals surface area contributed by atoms with Crippen molar-refractivity contribution in [2.24, 2.45) is 5.92 Å². The SMILES string of the molecule is Cc1nc(-c2ccc(F)cc2)nc(N2CCC(C(=O)O)CC2)c1C. The first-order valence-corrected chi connectivity index (χ1v) is 8.04. The number of halogens is 1. The predicted molar refractivity (Wildman–Crippen MR) is 89.5 cm³/mol. The minimum atomic E-state index is -0.725. The van der Waals surface area contributed by atoms with Gasteiger partial charge >= 0.3 is 5.97 Å². The number of anilines is 1. The van der Waals surface area contributed by atoms with E-state index >= 15 is 0 Å². The first-order chi connectivity index (χ1) is 11.5. The zero-order chi connectivity index (χ0) is 17.3. The van der Waals surface area contributed by atoms with Gasteiger partial charge in [0, 0.05) is 29.9 Å². The average Bonchev–Trinajstić information content (AvgIpc) is 2.58. The van der Waals surface area contributed by atoms with Gasteiger partial charge in [-0.05, 0) is 51.0 Å². The van der Waals surface area contributed by atoms with Gasteiger partial charge in [-0.1, -0.05) is 0 Å². The molecule has 1 N–H and O–H groups in total. The molecule has 0 radical (unpaired) electrons. The maximum atomic E-state index is 13.1. The number of carboxylic acid groups (broad SMARTS) is 1. The highest BCUT2D eigenvalue weighted by atomic mass is 19.1. The number of rotatable bonds is 3. The lowest BCUT2D eigenvalue weighted by atomic mass is 9.97. The fourth-order valence-corrected chi connectivity index (χ4v) is 2.99. The molecule has 1 aliphatic rings. The van der Waals surface area contributed by atoms with Gasteiger partial charge in [0.15, 0.2) is 5.82 Å². The van der Waals surface area contributed by atoms with Crippen LogP contribution in [0.2, 0.25) is 0 Å². The summed E-state index contributed by atoms with van der Waals surface area (Å²) in [6.07, 6.45) is 1.23. The molecule has 0 atom stereocenters. The third-order valence-corrected chi connectivity index (χ3v) is 4.61. The lowest BCUT2D eigenvalue weighted by Crippen LogP contribution is -2.37. The summed E-state index contributed by atoms with van der Waals surface area (Å²) in [5, 5.41) is 9.13. The van der Waals surface area contributed by atoms with E-state index in [0.717, 1.165) is 22.6 Å². The highest BCUT2D eigenvalue weighted by Gasteiger charge is 2.26. The van der Waals surface area contributed by atoms with E-state index in [1.807, 2.05) is 13.8 Å². The quantitative estimate of drug-likeness (QED) is 0.937. The zero-order valence-corrected chi connectivity index (χ0v) is 13.8. The predicted octanol–water partition coefficient (Wildman–Crippen LogP) is 3.20. The van der Waals surface area contributed by atoms with Gasteiger partial charge in [-0.25, -0.2) is 14.4 Å². The van der Waals surface area contributed by atoms with E-state index < -0.39 is 5.97 Å². The van der Waals surface area contributed by atoms with E-state index in [-0.39, 0.29) is 11.7 Å². The van der Waals surface area contributed by atoms with E-state index in [1.165, 1.54) is 12.1 Å². The van der Waals surface area contributed by atoms with Crippen LogP contribution in [0.3, 0.4) is 0 Å². The van der Waals surface area contributed by atoms with Crippen molar-refractivity contribution in [1.29, 1.82) is 0 Å². The molecule has 5 nitrogen and oxygen atoms in total. The molecule has 0 unspecified atom stereocenters. The summed E-state index contributed by atoms with van der Waals surface area (Å²) in [6, 6.07) is 6.12. The molecule has 0 aliphatic carbocycles. The highest BCUT2D eigenvalue weighted by Crippen LogP contribution is 2.28. The van der Waals surface area contributed by atoms with Crippen LogP contribution in [0.25, 0.3) is 11.4 Å². The lowest BCUT2D eigenvalue weighted by molar-refractivity contribution is -0.142. The van der Waals surface area contributed by atoms with Crippen molar-refractivity contribution >= 4 is 11.8 Å². The topological polar surface area (TPSA) is 66.3 Å². The molecule has 0 saturated carbocycles.